The van der Waals surface area contributed by atoms with Crippen LogP contribution in [-0.2, 0) is 67.0 Å². The molecule has 3 aliphatic heterocycles. The molecule has 3 aromatic carbocycles. The molecule has 0 spiro atoms. The number of benzene rings is 3. The van der Waals surface area contributed by atoms with E-state index in [0.717, 1.165) is 57.5 Å². The van der Waals surface area contributed by atoms with Crippen LogP contribution in [-0.4, -0.2) is 246 Å². The number of aliphatic hydroxyl groups excluding tert-OH is 3. The molecule has 0 aromatic heterocycles. The number of ether oxygens (including phenoxy) is 3. The van der Waals surface area contributed by atoms with Gasteiger partial charge in [-0.1, -0.05) is 160 Å². The van der Waals surface area contributed by atoms with Crippen molar-refractivity contribution in [2.75, 3.05) is 87.0 Å². The second-order valence-corrected chi connectivity index (χ2v) is 28.6. The predicted octanol–water partition coefficient (Wildman–Crippen LogP) is 7.24. The van der Waals surface area contributed by atoms with Crippen LogP contribution in [0.4, 0.5) is 0 Å². The maximum atomic E-state index is 10.8. The standard InChI is InChI=1S/C10H13NO.C10H15N.C8H11N.C7H11NO3.C7H13NO3.C7H15NO.C7H17NO.C6H11NO2.C6H13NO2.C5H9NO3.C5H13NO.C4H9NO2.C2H3ClO/c1-8(11-9(2)12)10-6-4-3-5-7-10;1-3-11-9(2)10-7-5-4-6-8-10;1-7(9)8-5-3-2-4-6-8;1-5(9)8-4-2-3-6(8)7(10)11;1-4(2)6(7(10)11)8-5(3)9;1-2-8-5-3-4-7(8)6-9;1-4-8-7(5-9)6(2)3;1-9-6(8)5-3-2-4-7-5;1-4(2)5(7)6(8)9-3;1-3(5(8)9)6-4(2)7;1-3-6-5(2)4-7;1-3(5)4(6)7-2;1-2(3)4/h3-8H,1-2H3,(H,11,12);4-9,11H,3H2,1-2H3;2-7H,9H2,1H3;6H,2-4H2,1H3,(H,10,11);4,6H,1-3H3,(H,8,9)(H,10,11);7,9H,2-6H2,1H3;6-9H,4-5H2,1-3H3;5,7H,2-4H2,1H3;4-5H,7H2,1-3H3;3H,1-2H3,(H,6,7)(H,8,9);5-7H,3-4H2,1-2H3;3H,5H2,1-2H3;1H3. The molecular weight excluding hydrogens is 1530 g/mol. The summed E-state index contributed by atoms with van der Waals surface area (Å²) in [5.74, 6) is -3.95. The minimum Gasteiger partial charge on any atom is -0.480 e. The Kier molecular flexibility index (Phi) is 81.1. The van der Waals surface area contributed by atoms with Gasteiger partial charge in [0, 0.05) is 71.4 Å². The fourth-order valence-corrected chi connectivity index (χ4v) is 9.88. The van der Waals surface area contributed by atoms with Gasteiger partial charge in [-0.3, -0.25) is 48.1 Å². The van der Waals surface area contributed by atoms with Crippen LogP contribution in [0, 0.1) is 17.8 Å². The molecule has 3 saturated heterocycles. The molecular formula is C84H153ClN12O20. The number of carbonyl (C=O) groups is 11. The SMILES string of the molecule is CC(=O)Cl.CC(=O)N1CCCC1C(=O)O.CC(=O)NC(C(=O)O)C(C)C.CC(=O)NC(C)C(=O)O.CC(=O)NC(C)c1ccccc1.CC(N)c1ccccc1.CCN1CCCC1CO.CCNC(C)CO.CCNC(C)c1ccccc1.CCNC(CO)C(C)C.COC(=O)C(C)N.COC(=O)C(N)C(C)C.COC(=O)C1CCCN1. The normalized spacial score (nSPS) is 16.1. The number of likely N-dealkylation sites (N-methyl/N-ethyl adjacent to an activating group) is 3. The van der Waals surface area contributed by atoms with Crippen molar-refractivity contribution in [1.82, 2.24) is 47.0 Å². The van der Waals surface area contributed by atoms with Crippen LogP contribution in [0.5, 0.6) is 0 Å². The molecule has 3 aliphatic rings. The third-order valence-electron chi connectivity index (χ3n) is 16.6. The van der Waals surface area contributed by atoms with Crippen LogP contribution in [0.2, 0.25) is 0 Å². The monoisotopic (exact) mass is 1690 g/mol. The zero-order valence-electron chi connectivity index (χ0n) is 74.5. The highest BCUT2D eigenvalue weighted by molar-refractivity contribution is 6.62. The van der Waals surface area contributed by atoms with Crippen molar-refractivity contribution in [1.29, 1.82) is 0 Å². The minimum absolute atomic E-state index is 0.00588. The van der Waals surface area contributed by atoms with Crippen molar-refractivity contribution in [3.05, 3.63) is 108 Å². The first-order chi connectivity index (χ1) is 54.7. The lowest BCUT2D eigenvalue weighted by atomic mass is 10.1. The van der Waals surface area contributed by atoms with E-state index in [9.17, 15) is 52.7 Å². The summed E-state index contributed by atoms with van der Waals surface area (Å²) in [6.07, 6.45) is 5.85. The van der Waals surface area contributed by atoms with E-state index < -0.39 is 48.1 Å². The Labute approximate surface area is 703 Å². The van der Waals surface area contributed by atoms with Crippen molar-refractivity contribution >= 4 is 76.3 Å². The number of rotatable bonds is 25. The van der Waals surface area contributed by atoms with Crippen LogP contribution in [0.3, 0.4) is 0 Å². The molecule has 33 heteroatoms. The van der Waals surface area contributed by atoms with Crippen molar-refractivity contribution in [3.63, 3.8) is 0 Å². The van der Waals surface area contributed by atoms with Gasteiger partial charge in [0.15, 0.2) is 0 Å². The third-order valence-corrected chi connectivity index (χ3v) is 16.6. The maximum Gasteiger partial charge on any atom is 0.326 e. The fourth-order valence-electron chi connectivity index (χ4n) is 9.88. The molecule has 32 nitrogen and oxygen atoms in total. The molecule has 117 heavy (non-hydrogen) atoms. The highest BCUT2D eigenvalue weighted by Gasteiger charge is 2.32. The average molecular weight is 1690 g/mol. The lowest BCUT2D eigenvalue weighted by Crippen LogP contribution is -2.43. The van der Waals surface area contributed by atoms with E-state index in [-0.39, 0.29) is 102 Å². The van der Waals surface area contributed by atoms with Gasteiger partial charge in [-0.15, -0.1) is 0 Å². The van der Waals surface area contributed by atoms with Gasteiger partial charge in [0.2, 0.25) is 28.9 Å². The number of carboxylic acid groups (broad SMARTS) is 3. The van der Waals surface area contributed by atoms with Crippen molar-refractivity contribution < 1.29 is 97.6 Å². The summed E-state index contributed by atoms with van der Waals surface area (Å²) in [6.45, 7) is 45.2. The Morgan fingerprint density at radius 3 is 1.20 bits per heavy atom. The van der Waals surface area contributed by atoms with Gasteiger partial charge in [-0.25, -0.2) is 9.59 Å². The van der Waals surface area contributed by atoms with Crippen molar-refractivity contribution in [2.24, 2.45) is 35.0 Å². The van der Waals surface area contributed by atoms with Gasteiger partial charge in [0.05, 0.1) is 47.2 Å². The molecule has 0 bridgehead atoms. The molecule has 3 fully saturated rings. The number of methoxy groups -OCH3 is 3. The van der Waals surface area contributed by atoms with E-state index in [1.54, 1.807) is 20.8 Å². The summed E-state index contributed by atoms with van der Waals surface area (Å²) in [5.41, 5.74) is 19.8. The first-order valence-electron chi connectivity index (χ1n) is 39.8. The Morgan fingerprint density at radius 2 is 0.966 bits per heavy atom. The van der Waals surface area contributed by atoms with E-state index in [4.69, 9.17) is 47.8 Å². The van der Waals surface area contributed by atoms with E-state index in [2.05, 4.69) is 127 Å². The van der Waals surface area contributed by atoms with Gasteiger partial charge >= 0.3 is 35.8 Å². The Hall–Kier alpha value is -8.12. The summed E-state index contributed by atoms with van der Waals surface area (Å²) in [5, 5.41) is 71.1. The zero-order valence-corrected chi connectivity index (χ0v) is 75.3. The number of esters is 3. The Bertz CT molecular complexity index is 2970. The molecule has 6 rings (SSSR count). The number of aliphatic hydroxyl groups is 3. The summed E-state index contributed by atoms with van der Waals surface area (Å²) < 4.78 is 13.2. The highest BCUT2D eigenvalue weighted by Crippen LogP contribution is 2.18. The first-order valence-corrected chi connectivity index (χ1v) is 40.2. The van der Waals surface area contributed by atoms with Crippen LogP contribution in [0.15, 0.2) is 91.0 Å². The number of hydrogen-bond donors (Lipinski definition) is 16. The summed E-state index contributed by atoms with van der Waals surface area (Å²) in [4.78, 5) is 118. The molecule has 3 aromatic rings. The molecule has 4 amide bonds. The van der Waals surface area contributed by atoms with Gasteiger partial charge in [-0.05, 0) is 165 Å². The molecule has 12 atom stereocenters. The second-order valence-electron chi connectivity index (χ2n) is 28.0. The van der Waals surface area contributed by atoms with Gasteiger partial charge in [0.25, 0.3) is 0 Å². The molecule has 19 N–H and O–H groups in total. The Morgan fingerprint density at radius 1 is 0.521 bits per heavy atom. The highest BCUT2D eigenvalue weighted by atomic mass is 35.5. The number of hydrogen-bond acceptors (Lipinski definition) is 25. The number of nitrogens with two attached hydrogens (primary N) is 3. The number of nitrogens with zero attached hydrogens (tertiary/aromatic N) is 2. The van der Waals surface area contributed by atoms with E-state index in [1.165, 1.54) is 98.3 Å². The molecule has 0 radical (unpaired) electrons. The summed E-state index contributed by atoms with van der Waals surface area (Å²) >= 11 is 4.64. The quantitative estimate of drug-likeness (QED) is 0.0226. The molecule has 676 valence electrons. The first kappa shape index (κ1) is 122. The smallest absolute Gasteiger partial charge is 0.326 e. The summed E-state index contributed by atoms with van der Waals surface area (Å²) in [7, 11) is 4.07. The Balaban J connectivity index is -0.000000225. The number of carboxylic acids is 3. The van der Waals surface area contributed by atoms with Gasteiger partial charge in [-0.2, -0.15) is 0 Å². The van der Waals surface area contributed by atoms with Crippen molar-refractivity contribution in [3.8, 4) is 0 Å². The number of aliphatic carboxylic acids is 3. The largest absolute Gasteiger partial charge is 0.480 e. The fraction of sp³-hybridized carbons (Fsp3) is 0.655. The zero-order chi connectivity index (χ0) is 91.9. The molecule has 12 unspecified atom stereocenters. The molecule has 0 saturated carbocycles. The van der Waals surface area contributed by atoms with Gasteiger partial charge in [0.1, 0.15) is 36.3 Å². The molecule has 0 aliphatic carbocycles. The topological polar surface area (TPSA) is 506 Å². The molecule has 3 heterocycles. The number of amides is 4. The van der Waals surface area contributed by atoms with Crippen LogP contribution >= 0.6 is 11.6 Å². The lowest BCUT2D eigenvalue weighted by molar-refractivity contribution is -0.147. The number of carbonyl (C=O) groups excluding carboxylic acids is 8. The third kappa shape index (κ3) is 71.7. The van der Waals surface area contributed by atoms with Gasteiger partial charge < -0.3 is 104 Å². The number of likely N-dealkylation sites (tertiary alicyclic amines) is 2. The van der Waals surface area contributed by atoms with Crippen LogP contribution < -0.4 is 54.4 Å². The predicted molar refractivity (Wildman–Crippen MR) is 462 cm³/mol. The lowest BCUT2D eigenvalue weighted by Gasteiger charge is -2.19. The number of nitrogens with one attached hydrogen (secondary N) is 7. The van der Waals surface area contributed by atoms with E-state index in [1.807, 2.05) is 115 Å². The van der Waals surface area contributed by atoms with E-state index >= 15 is 0 Å². The van der Waals surface area contributed by atoms with Crippen LogP contribution in [0.25, 0.3) is 0 Å². The maximum absolute atomic E-state index is 10.8. The van der Waals surface area contributed by atoms with Crippen molar-refractivity contribution in [2.45, 2.75) is 256 Å². The van der Waals surface area contributed by atoms with E-state index in [0.29, 0.717) is 37.6 Å². The average Bonchev–Trinajstić information content (AvgIpc) is 1.74. The van der Waals surface area contributed by atoms with Crippen LogP contribution in [0.1, 0.15) is 219 Å². The second kappa shape index (κ2) is 77.8. The number of halogens is 1. The summed E-state index contributed by atoms with van der Waals surface area (Å²) in [6, 6.07) is 29.0. The minimum atomic E-state index is -1.02.